The molecule has 6 heteroatoms. The smallest absolute Gasteiger partial charge is 0.254 e. The molecule has 2 heterocycles. The second-order valence-electron chi connectivity index (χ2n) is 7.03. The average molecular weight is 387 g/mol. The molecular weight excluding hydrogens is 366 g/mol. The number of benzene rings is 2. The molecular formula is C23H21N3O3. The van der Waals surface area contributed by atoms with Crippen LogP contribution in [-0.4, -0.2) is 28.0 Å². The van der Waals surface area contributed by atoms with Gasteiger partial charge in [-0.05, 0) is 26.0 Å². The van der Waals surface area contributed by atoms with Gasteiger partial charge in [0.1, 0.15) is 11.5 Å². The number of rotatable bonds is 5. The van der Waals surface area contributed by atoms with Crippen molar-refractivity contribution in [1.29, 1.82) is 0 Å². The van der Waals surface area contributed by atoms with E-state index >= 15 is 0 Å². The minimum absolute atomic E-state index is 0.142. The highest BCUT2D eigenvalue weighted by Crippen LogP contribution is 2.29. The molecule has 0 saturated carbocycles. The highest BCUT2D eigenvalue weighted by atomic mass is 16.5. The number of hydrogen-bond donors (Lipinski definition) is 0. The quantitative estimate of drug-likeness (QED) is 0.488. The van der Waals surface area contributed by atoms with Crippen molar-refractivity contribution in [3.8, 4) is 22.8 Å². The van der Waals surface area contributed by atoms with Gasteiger partial charge in [-0.2, -0.15) is 0 Å². The van der Waals surface area contributed by atoms with Gasteiger partial charge in [0.2, 0.25) is 5.89 Å². The van der Waals surface area contributed by atoms with Crippen LogP contribution in [0.4, 0.5) is 0 Å². The van der Waals surface area contributed by atoms with Gasteiger partial charge in [-0.15, -0.1) is 0 Å². The molecule has 1 amide bonds. The number of aryl methyl sites for hydroxylation is 2. The molecule has 0 aliphatic carbocycles. The van der Waals surface area contributed by atoms with E-state index in [1.54, 1.807) is 24.2 Å². The molecule has 4 aromatic rings. The summed E-state index contributed by atoms with van der Waals surface area (Å²) >= 11 is 0. The highest BCUT2D eigenvalue weighted by molar-refractivity contribution is 5.99. The van der Waals surface area contributed by atoms with Gasteiger partial charge in [0, 0.05) is 24.2 Å². The Hall–Kier alpha value is -3.67. The maximum atomic E-state index is 13.1. The summed E-state index contributed by atoms with van der Waals surface area (Å²) < 4.78 is 11.1. The van der Waals surface area contributed by atoms with Crippen LogP contribution in [0.5, 0.6) is 0 Å². The molecule has 0 aliphatic rings. The molecule has 0 unspecified atom stereocenters. The van der Waals surface area contributed by atoms with Gasteiger partial charge in [-0.3, -0.25) is 4.79 Å². The number of amides is 1. The third kappa shape index (κ3) is 3.96. The Morgan fingerprint density at radius 3 is 2.55 bits per heavy atom. The van der Waals surface area contributed by atoms with Crippen LogP contribution in [0.3, 0.4) is 0 Å². The second kappa shape index (κ2) is 7.75. The van der Waals surface area contributed by atoms with Crippen LogP contribution < -0.4 is 0 Å². The molecule has 2 aromatic heterocycles. The van der Waals surface area contributed by atoms with Crippen LogP contribution in [0, 0.1) is 13.8 Å². The first-order chi connectivity index (χ1) is 14.0. The predicted molar refractivity (Wildman–Crippen MR) is 109 cm³/mol. The summed E-state index contributed by atoms with van der Waals surface area (Å²) in [6, 6.07) is 17.2. The molecule has 29 heavy (non-hydrogen) atoms. The van der Waals surface area contributed by atoms with E-state index in [1.807, 2.05) is 62.4 Å². The first-order valence-electron chi connectivity index (χ1n) is 9.31. The molecule has 4 rings (SSSR count). The van der Waals surface area contributed by atoms with E-state index in [-0.39, 0.29) is 5.91 Å². The van der Waals surface area contributed by atoms with Crippen LogP contribution in [-0.2, 0) is 6.54 Å². The van der Waals surface area contributed by atoms with Crippen molar-refractivity contribution in [2.24, 2.45) is 0 Å². The Morgan fingerprint density at radius 2 is 1.83 bits per heavy atom. The van der Waals surface area contributed by atoms with Gasteiger partial charge < -0.3 is 13.8 Å². The monoisotopic (exact) mass is 387 g/mol. The fraction of sp³-hybridized carbons (Fsp3) is 0.174. The molecule has 0 bridgehead atoms. The molecule has 2 aromatic carbocycles. The second-order valence-corrected chi connectivity index (χ2v) is 7.03. The fourth-order valence-electron chi connectivity index (χ4n) is 3.12. The van der Waals surface area contributed by atoms with Crippen LogP contribution in [0.2, 0.25) is 0 Å². The van der Waals surface area contributed by atoms with Gasteiger partial charge in [0.15, 0.2) is 5.76 Å². The first kappa shape index (κ1) is 18.7. The minimum atomic E-state index is -0.142. The molecule has 6 nitrogen and oxygen atoms in total. The first-order valence-corrected chi connectivity index (χ1v) is 9.31. The zero-order valence-corrected chi connectivity index (χ0v) is 16.5. The van der Waals surface area contributed by atoms with E-state index in [0.29, 0.717) is 40.8 Å². The third-order valence-corrected chi connectivity index (χ3v) is 4.65. The van der Waals surface area contributed by atoms with Crippen LogP contribution in [0.25, 0.3) is 22.8 Å². The number of aromatic nitrogens is 2. The Balaban J connectivity index is 1.61. The number of carbonyl (C=O) groups excluding carboxylic acids is 1. The molecule has 0 saturated heterocycles. The van der Waals surface area contributed by atoms with Crippen molar-refractivity contribution in [3.05, 3.63) is 83.4 Å². The maximum Gasteiger partial charge on any atom is 0.254 e. The lowest BCUT2D eigenvalue weighted by Gasteiger charge is -2.17. The molecule has 0 atom stereocenters. The molecule has 146 valence electrons. The lowest BCUT2D eigenvalue weighted by molar-refractivity contribution is 0.0782. The molecule has 0 spiro atoms. The van der Waals surface area contributed by atoms with E-state index < -0.39 is 0 Å². The van der Waals surface area contributed by atoms with Gasteiger partial charge in [0.25, 0.3) is 5.91 Å². The SMILES string of the molecule is Cc1ccc(-c2cnc(-c3ccccc3C(=O)N(C)Cc3cc(C)on3)o2)cc1. The summed E-state index contributed by atoms with van der Waals surface area (Å²) in [6.45, 7) is 4.21. The highest BCUT2D eigenvalue weighted by Gasteiger charge is 2.20. The number of nitrogens with zero attached hydrogens (tertiary/aromatic N) is 3. The summed E-state index contributed by atoms with van der Waals surface area (Å²) in [4.78, 5) is 19.1. The summed E-state index contributed by atoms with van der Waals surface area (Å²) in [5.41, 5.74) is 3.99. The predicted octanol–water partition coefficient (Wildman–Crippen LogP) is 4.89. The Labute approximate surface area is 168 Å². The summed E-state index contributed by atoms with van der Waals surface area (Å²) in [6.07, 6.45) is 1.68. The van der Waals surface area contributed by atoms with E-state index in [4.69, 9.17) is 8.94 Å². The summed E-state index contributed by atoms with van der Waals surface area (Å²) in [7, 11) is 1.73. The van der Waals surface area contributed by atoms with Gasteiger partial charge in [-0.1, -0.05) is 47.1 Å². The number of oxazole rings is 1. The third-order valence-electron chi connectivity index (χ3n) is 4.65. The van der Waals surface area contributed by atoms with Crippen LogP contribution >= 0.6 is 0 Å². The Kier molecular flexibility index (Phi) is 4.99. The number of carbonyl (C=O) groups is 1. The van der Waals surface area contributed by atoms with E-state index in [2.05, 4.69) is 10.1 Å². The zero-order chi connectivity index (χ0) is 20.4. The van der Waals surface area contributed by atoms with E-state index in [0.717, 1.165) is 5.56 Å². The summed E-state index contributed by atoms with van der Waals surface area (Å²) in [5.74, 6) is 1.64. The van der Waals surface area contributed by atoms with Crippen molar-refractivity contribution in [3.63, 3.8) is 0 Å². The molecule has 0 fully saturated rings. The number of hydrogen-bond acceptors (Lipinski definition) is 5. The summed E-state index contributed by atoms with van der Waals surface area (Å²) in [5, 5.41) is 3.96. The Bertz CT molecular complexity index is 1140. The topological polar surface area (TPSA) is 72.4 Å². The maximum absolute atomic E-state index is 13.1. The Morgan fingerprint density at radius 1 is 1.07 bits per heavy atom. The average Bonchev–Trinajstić information content (AvgIpc) is 3.37. The largest absolute Gasteiger partial charge is 0.436 e. The zero-order valence-electron chi connectivity index (χ0n) is 16.5. The van der Waals surface area contributed by atoms with Gasteiger partial charge in [-0.25, -0.2) is 4.98 Å². The van der Waals surface area contributed by atoms with Crippen LogP contribution in [0.1, 0.15) is 27.4 Å². The molecule has 0 radical (unpaired) electrons. The van der Waals surface area contributed by atoms with Crippen molar-refractivity contribution in [2.75, 3.05) is 7.05 Å². The van der Waals surface area contributed by atoms with Crippen molar-refractivity contribution >= 4 is 5.91 Å². The molecule has 0 N–H and O–H groups in total. The minimum Gasteiger partial charge on any atom is -0.436 e. The lowest BCUT2D eigenvalue weighted by atomic mass is 10.1. The van der Waals surface area contributed by atoms with Gasteiger partial charge >= 0.3 is 0 Å². The standard InChI is InChI=1S/C23H21N3O3/c1-15-8-10-17(11-9-15)21-13-24-22(28-21)19-6-4-5-7-20(19)23(27)26(3)14-18-12-16(2)29-25-18/h4-13H,14H2,1-3H3. The van der Waals surface area contributed by atoms with E-state index in [1.165, 1.54) is 5.56 Å². The van der Waals surface area contributed by atoms with Crippen molar-refractivity contribution in [1.82, 2.24) is 15.0 Å². The lowest BCUT2D eigenvalue weighted by Crippen LogP contribution is -2.26. The molecule has 0 aliphatic heterocycles. The van der Waals surface area contributed by atoms with Gasteiger partial charge in [0.05, 0.1) is 18.3 Å². The van der Waals surface area contributed by atoms with Crippen molar-refractivity contribution < 1.29 is 13.7 Å². The van der Waals surface area contributed by atoms with Crippen molar-refractivity contribution in [2.45, 2.75) is 20.4 Å². The fourth-order valence-corrected chi connectivity index (χ4v) is 3.12. The van der Waals surface area contributed by atoms with E-state index in [9.17, 15) is 4.79 Å². The van der Waals surface area contributed by atoms with Crippen LogP contribution in [0.15, 0.2) is 69.7 Å². The normalized spacial score (nSPS) is 10.9.